The zero-order valence-electron chi connectivity index (χ0n) is 15.4. The molecule has 4 aromatic rings. The first-order chi connectivity index (χ1) is 13.8. The topological polar surface area (TPSA) is 59.7 Å². The number of Topliss-reactive ketones (excluding diaryl/α,β-unsaturated/α-hetero) is 1. The fourth-order valence-electron chi connectivity index (χ4n) is 3.78. The molecule has 2 aromatic carbocycles. The van der Waals surface area contributed by atoms with Gasteiger partial charge in [-0.15, -0.1) is 0 Å². The number of nitrogens with zero attached hydrogens (tertiary/aromatic N) is 4. The van der Waals surface area contributed by atoms with E-state index in [9.17, 15) is 4.79 Å². The molecule has 28 heavy (non-hydrogen) atoms. The summed E-state index contributed by atoms with van der Waals surface area (Å²) >= 11 is 0. The minimum absolute atomic E-state index is 0.0705. The summed E-state index contributed by atoms with van der Waals surface area (Å²) in [5.41, 5.74) is 2.25. The number of ketones is 1. The van der Waals surface area contributed by atoms with Crippen molar-refractivity contribution in [3.05, 3.63) is 72.1 Å². The molecule has 2 aromatic heterocycles. The second kappa shape index (κ2) is 7.05. The Morgan fingerprint density at radius 2 is 1.86 bits per heavy atom. The molecule has 0 N–H and O–H groups in total. The van der Waals surface area contributed by atoms with Gasteiger partial charge in [0.05, 0.1) is 31.5 Å². The highest BCUT2D eigenvalue weighted by atomic mass is 16.5. The molecule has 0 radical (unpaired) electrons. The van der Waals surface area contributed by atoms with Crippen LogP contribution >= 0.6 is 0 Å². The number of hydrogen-bond donors (Lipinski definition) is 0. The van der Waals surface area contributed by atoms with Crippen molar-refractivity contribution in [2.45, 2.75) is 6.42 Å². The quantitative estimate of drug-likeness (QED) is 0.515. The molecule has 140 valence electrons. The van der Waals surface area contributed by atoms with Crippen LogP contribution in [0.1, 0.15) is 16.1 Å². The number of aromatic nitrogens is 3. The van der Waals surface area contributed by atoms with E-state index in [0.717, 1.165) is 46.6 Å². The molecule has 1 saturated heterocycles. The van der Waals surface area contributed by atoms with E-state index in [-0.39, 0.29) is 12.2 Å². The van der Waals surface area contributed by atoms with Crippen LogP contribution in [0.15, 0.2) is 60.8 Å². The van der Waals surface area contributed by atoms with Crippen molar-refractivity contribution in [3.8, 4) is 0 Å². The van der Waals surface area contributed by atoms with E-state index in [1.165, 1.54) is 0 Å². The maximum atomic E-state index is 13.1. The molecule has 5 rings (SSSR count). The van der Waals surface area contributed by atoms with Gasteiger partial charge in [-0.1, -0.05) is 42.5 Å². The van der Waals surface area contributed by atoms with E-state index in [1.54, 1.807) is 6.20 Å². The second-order valence-electron chi connectivity index (χ2n) is 6.93. The highest BCUT2D eigenvalue weighted by Gasteiger charge is 2.18. The van der Waals surface area contributed by atoms with Crippen molar-refractivity contribution in [1.82, 2.24) is 14.6 Å². The van der Waals surface area contributed by atoms with Crippen molar-refractivity contribution in [2.75, 3.05) is 31.2 Å². The Bertz CT molecular complexity index is 1160. The third-order valence-corrected chi connectivity index (χ3v) is 5.16. The van der Waals surface area contributed by atoms with Gasteiger partial charge in [0.25, 0.3) is 0 Å². The predicted octanol–water partition coefficient (Wildman–Crippen LogP) is 3.14. The van der Waals surface area contributed by atoms with Crippen LogP contribution in [0.4, 0.5) is 5.82 Å². The van der Waals surface area contributed by atoms with E-state index >= 15 is 0 Å². The highest BCUT2D eigenvalue weighted by Crippen LogP contribution is 2.22. The van der Waals surface area contributed by atoms with Gasteiger partial charge in [0.2, 0.25) is 0 Å². The number of carbonyl (C=O) groups excluding carboxylic acids is 1. The minimum atomic E-state index is 0.0705. The summed E-state index contributed by atoms with van der Waals surface area (Å²) in [6, 6.07) is 17.7. The fourth-order valence-corrected chi connectivity index (χ4v) is 3.78. The Labute approximate surface area is 162 Å². The molecule has 6 nitrogen and oxygen atoms in total. The van der Waals surface area contributed by atoms with Crippen molar-refractivity contribution in [2.24, 2.45) is 0 Å². The molecule has 0 saturated carbocycles. The molecule has 0 amide bonds. The summed E-state index contributed by atoms with van der Waals surface area (Å²) in [7, 11) is 0. The number of benzene rings is 2. The first-order valence-corrected chi connectivity index (χ1v) is 9.47. The normalized spacial score (nSPS) is 14.6. The number of anilines is 1. The number of fused-ring (bicyclic) bond motifs is 2. The van der Waals surface area contributed by atoms with Gasteiger partial charge in [-0.05, 0) is 10.8 Å². The van der Waals surface area contributed by atoms with Crippen molar-refractivity contribution >= 4 is 28.0 Å². The molecule has 0 spiro atoms. The van der Waals surface area contributed by atoms with Crippen LogP contribution in [0.3, 0.4) is 0 Å². The lowest BCUT2D eigenvalue weighted by Crippen LogP contribution is -2.37. The first-order valence-electron chi connectivity index (χ1n) is 9.47. The molecule has 6 heteroatoms. The Balaban J connectivity index is 1.51. The van der Waals surface area contributed by atoms with E-state index in [0.29, 0.717) is 13.2 Å². The number of morpholine rings is 1. The third-order valence-electron chi connectivity index (χ3n) is 5.16. The maximum Gasteiger partial charge on any atom is 0.169 e. The van der Waals surface area contributed by atoms with Crippen LogP contribution in [-0.4, -0.2) is 46.7 Å². The first kappa shape index (κ1) is 16.9. The largest absolute Gasteiger partial charge is 0.378 e. The molecule has 3 heterocycles. The van der Waals surface area contributed by atoms with Gasteiger partial charge in [-0.3, -0.25) is 4.79 Å². The maximum absolute atomic E-state index is 13.1. The molecule has 1 aliphatic heterocycles. The highest BCUT2D eigenvalue weighted by molar-refractivity contribution is 6.08. The van der Waals surface area contributed by atoms with E-state index < -0.39 is 0 Å². The average Bonchev–Trinajstić information content (AvgIpc) is 3.22. The van der Waals surface area contributed by atoms with Crippen LogP contribution in [0.25, 0.3) is 16.4 Å². The van der Waals surface area contributed by atoms with Crippen LogP contribution < -0.4 is 4.90 Å². The molecule has 0 unspecified atom stereocenters. The predicted molar refractivity (Wildman–Crippen MR) is 108 cm³/mol. The van der Waals surface area contributed by atoms with Gasteiger partial charge in [0.1, 0.15) is 5.82 Å². The zero-order valence-corrected chi connectivity index (χ0v) is 15.4. The lowest BCUT2D eigenvalue weighted by molar-refractivity contribution is 0.0993. The van der Waals surface area contributed by atoms with Gasteiger partial charge < -0.3 is 9.64 Å². The van der Waals surface area contributed by atoms with Crippen LogP contribution in [0, 0.1) is 0 Å². The lowest BCUT2D eigenvalue weighted by Gasteiger charge is -2.29. The van der Waals surface area contributed by atoms with E-state index in [4.69, 9.17) is 4.74 Å². The summed E-state index contributed by atoms with van der Waals surface area (Å²) in [6.07, 6.45) is 2.00. The molecule has 0 aliphatic carbocycles. The van der Waals surface area contributed by atoms with Crippen LogP contribution in [0.2, 0.25) is 0 Å². The van der Waals surface area contributed by atoms with Gasteiger partial charge in [-0.25, -0.2) is 4.98 Å². The van der Waals surface area contributed by atoms with Gasteiger partial charge in [0, 0.05) is 30.8 Å². The van der Waals surface area contributed by atoms with Gasteiger partial charge in [-0.2, -0.15) is 9.61 Å². The smallest absolute Gasteiger partial charge is 0.169 e. The minimum Gasteiger partial charge on any atom is -0.378 e. The van der Waals surface area contributed by atoms with Crippen molar-refractivity contribution < 1.29 is 9.53 Å². The number of hydrogen-bond acceptors (Lipinski definition) is 5. The standard InChI is InChI=1S/C22H20N4O2/c27-20(19-7-3-5-16-4-1-2-6-18(16)19)14-17-15-22(25-10-12-28-13-11-25)26-21(24-17)8-9-23-26/h1-9,15H,10-14H2. The Hall–Kier alpha value is -3.25. The van der Waals surface area contributed by atoms with Gasteiger partial charge >= 0.3 is 0 Å². The monoisotopic (exact) mass is 372 g/mol. The van der Waals surface area contributed by atoms with E-state index in [2.05, 4.69) is 15.0 Å². The average molecular weight is 372 g/mol. The van der Waals surface area contributed by atoms with Crippen LogP contribution in [0.5, 0.6) is 0 Å². The molecular weight excluding hydrogens is 352 g/mol. The number of rotatable bonds is 4. The summed E-state index contributed by atoms with van der Waals surface area (Å²) in [4.78, 5) is 20.0. The number of ether oxygens (including phenoxy) is 1. The summed E-state index contributed by atoms with van der Waals surface area (Å²) in [5.74, 6) is 1.03. The third kappa shape index (κ3) is 3.01. The number of carbonyl (C=O) groups is 1. The summed E-state index contributed by atoms with van der Waals surface area (Å²) < 4.78 is 7.30. The zero-order chi connectivity index (χ0) is 18.9. The fraction of sp³-hybridized carbons (Fsp3) is 0.227. The summed E-state index contributed by atoms with van der Waals surface area (Å²) in [5, 5.41) is 6.45. The van der Waals surface area contributed by atoms with Crippen molar-refractivity contribution in [1.29, 1.82) is 0 Å². The van der Waals surface area contributed by atoms with Crippen molar-refractivity contribution in [3.63, 3.8) is 0 Å². The Morgan fingerprint density at radius 3 is 2.75 bits per heavy atom. The second-order valence-corrected chi connectivity index (χ2v) is 6.93. The molecule has 0 bridgehead atoms. The molecule has 1 fully saturated rings. The van der Waals surface area contributed by atoms with E-state index in [1.807, 2.05) is 59.1 Å². The SMILES string of the molecule is O=C(Cc1cc(N2CCOCC2)n2nccc2n1)c1cccc2ccccc12. The molecular formula is C22H20N4O2. The molecule has 0 atom stereocenters. The Kier molecular flexibility index (Phi) is 4.25. The Morgan fingerprint density at radius 1 is 1.04 bits per heavy atom. The molecule has 1 aliphatic rings. The lowest BCUT2D eigenvalue weighted by atomic mass is 9.99. The summed E-state index contributed by atoms with van der Waals surface area (Å²) in [6.45, 7) is 2.98. The van der Waals surface area contributed by atoms with Gasteiger partial charge in [0.15, 0.2) is 11.4 Å². The van der Waals surface area contributed by atoms with Crippen LogP contribution in [-0.2, 0) is 11.2 Å².